The van der Waals surface area contributed by atoms with Crippen LogP contribution in [0.2, 0.25) is 10.0 Å². The summed E-state index contributed by atoms with van der Waals surface area (Å²) in [5.41, 5.74) is 9.99. The van der Waals surface area contributed by atoms with Crippen LogP contribution in [0.15, 0.2) is 65.7 Å². The average Bonchev–Trinajstić information content (AvgIpc) is 3.11. The van der Waals surface area contributed by atoms with Gasteiger partial charge in [0.15, 0.2) is 0 Å². The molecule has 0 aliphatic rings. The Kier molecular flexibility index (Phi) is 8.13. The zero-order valence-corrected chi connectivity index (χ0v) is 22.3. The second kappa shape index (κ2) is 11.0. The number of fused-ring (bicyclic) bond motifs is 1. The molecule has 1 aromatic heterocycles. The molecule has 11 heteroatoms. The van der Waals surface area contributed by atoms with Gasteiger partial charge in [0.05, 0.1) is 39.9 Å². The summed E-state index contributed by atoms with van der Waals surface area (Å²) in [5, 5.41) is 10.2. The van der Waals surface area contributed by atoms with E-state index in [1.165, 1.54) is 24.3 Å². The molecule has 202 valence electrons. The Morgan fingerprint density at radius 2 is 1.45 bits per heavy atom. The maximum absolute atomic E-state index is 12.6. The summed E-state index contributed by atoms with van der Waals surface area (Å²) in [6.45, 7) is 5.29. The third-order valence-electron chi connectivity index (χ3n) is 6.07. The Balaban J connectivity index is 1.95. The van der Waals surface area contributed by atoms with Crippen molar-refractivity contribution in [2.75, 3.05) is 6.54 Å². The van der Waals surface area contributed by atoms with Gasteiger partial charge in [-0.15, -0.1) is 13.2 Å². The third-order valence-corrected chi connectivity index (χ3v) is 6.79. The molecule has 4 aromatic rings. The molecule has 1 heterocycles. The van der Waals surface area contributed by atoms with Gasteiger partial charge < -0.3 is 24.7 Å². The molecule has 38 heavy (non-hydrogen) atoms. The zero-order chi connectivity index (χ0) is 27.7. The second-order valence-corrected chi connectivity index (χ2v) is 10.5. The van der Waals surface area contributed by atoms with Crippen LogP contribution in [0.4, 0.5) is 18.9 Å². The minimum Gasteiger partial charge on any atom is -0.406 e. The quantitative estimate of drug-likeness (QED) is 0.259. The van der Waals surface area contributed by atoms with Crippen molar-refractivity contribution in [1.29, 1.82) is 0 Å². The maximum atomic E-state index is 12.6. The van der Waals surface area contributed by atoms with Crippen LogP contribution in [0.5, 0.6) is 5.75 Å². The number of alkyl halides is 3. The van der Waals surface area contributed by atoms with E-state index < -0.39 is 6.36 Å². The van der Waals surface area contributed by atoms with Gasteiger partial charge in [-0.2, -0.15) is 0 Å². The first-order chi connectivity index (χ1) is 17.9. The molecule has 4 rings (SSSR count). The first-order valence-electron chi connectivity index (χ1n) is 11.8. The summed E-state index contributed by atoms with van der Waals surface area (Å²) >= 11 is 12.8. The van der Waals surface area contributed by atoms with Crippen molar-refractivity contribution in [3.8, 4) is 5.75 Å². The van der Waals surface area contributed by atoms with E-state index in [1.54, 1.807) is 12.1 Å². The van der Waals surface area contributed by atoms with Crippen LogP contribution in [0.25, 0.3) is 11.0 Å². The summed E-state index contributed by atoms with van der Waals surface area (Å²) < 4.78 is 45.8. The first kappa shape index (κ1) is 28.0. The van der Waals surface area contributed by atoms with E-state index in [4.69, 9.17) is 33.9 Å². The molecule has 0 spiro atoms. The second-order valence-electron chi connectivity index (χ2n) is 9.72. The third kappa shape index (κ3) is 6.53. The fraction of sp³-hybridized carbons (Fsp3) is 0.296. The Labute approximate surface area is 227 Å². The van der Waals surface area contributed by atoms with Crippen molar-refractivity contribution in [3.05, 3.63) is 87.5 Å². The number of aliphatic hydroxyl groups is 1. The Hall–Kier alpha value is -2.98. The van der Waals surface area contributed by atoms with Crippen LogP contribution in [0, 0.1) is 5.41 Å². The van der Waals surface area contributed by atoms with Crippen LogP contribution in [-0.2, 0) is 19.7 Å². The fourth-order valence-corrected chi connectivity index (χ4v) is 4.33. The smallest absolute Gasteiger partial charge is 0.406 e. The van der Waals surface area contributed by atoms with E-state index in [2.05, 4.69) is 4.74 Å². The minimum atomic E-state index is -4.79. The van der Waals surface area contributed by atoms with E-state index in [9.17, 15) is 18.3 Å². The van der Waals surface area contributed by atoms with Gasteiger partial charge in [-0.25, -0.2) is 4.99 Å². The predicted octanol–water partition coefficient (Wildman–Crippen LogP) is 6.41. The maximum Gasteiger partial charge on any atom is 0.573 e. The monoisotopic (exact) mass is 566 g/mol. The highest BCUT2D eigenvalue weighted by Crippen LogP contribution is 2.30. The number of imidazole rings is 1. The van der Waals surface area contributed by atoms with Gasteiger partial charge in [0, 0.05) is 6.54 Å². The van der Waals surface area contributed by atoms with Crippen LogP contribution in [0.3, 0.4) is 0 Å². The Morgan fingerprint density at radius 1 is 0.895 bits per heavy atom. The van der Waals surface area contributed by atoms with Crippen molar-refractivity contribution in [3.63, 3.8) is 0 Å². The molecule has 0 aliphatic heterocycles. The Bertz CT molecular complexity index is 1490. The molecule has 0 radical (unpaired) electrons. The van der Waals surface area contributed by atoms with Crippen LogP contribution < -0.4 is 16.1 Å². The van der Waals surface area contributed by atoms with Crippen molar-refractivity contribution >= 4 is 39.9 Å². The normalized spacial score (nSPS) is 12.9. The molecule has 0 amide bonds. The molecule has 0 atom stereocenters. The van der Waals surface area contributed by atoms with Gasteiger partial charge in [-0.1, -0.05) is 61.3 Å². The Morgan fingerprint density at radius 3 is 1.97 bits per heavy atom. The van der Waals surface area contributed by atoms with Crippen molar-refractivity contribution < 1.29 is 23.0 Å². The van der Waals surface area contributed by atoms with E-state index in [1.807, 2.05) is 47.2 Å². The lowest BCUT2D eigenvalue weighted by molar-refractivity contribution is -0.274. The number of nitrogens with zero attached hydrogens (tertiary/aromatic N) is 3. The van der Waals surface area contributed by atoms with E-state index in [0.717, 1.165) is 22.2 Å². The summed E-state index contributed by atoms with van der Waals surface area (Å²) in [6.07, 6.45) is -4.79. The highest BCUT2D eigenvalue weighted by Gasteiger charge is 2.31. The fourth-order valence-electron chi connectivity index (χ4n) is 4.01. The molecule has 0 aliphatic carbocycles. The molecule has 0 fully saturated rings. The van der Waals surface area contributed by atoms with Gasteiger partial charge >= 0.3 is 6.36 Å². The number of aliphatic hydroxyl groups excluding tert-OH is 1. The number of hydrogen-bond donors (Lipinski definition) is 2. The summed E-state index contributed by atoms with van der Waals surface area (Å²) in [6, 6.07) is 16.4. The molecule has 3 N–H and O–H groups in total. The van der Waals surface area contributed by atoms with Crippen molar-refractivity contribution in [2.24, 2.45) is 16.1 Å². The van der Waals surface area contributed by atoms with Gasteiger partial charge in [-0.05, 0) is 59.5 Å². The number of halogens is 5. The number of ether oxygens (including phenoxy) is 1. The summed E-state index contributed by atoms with van der Waals surface area (Å²) in [7, 11) is 0. The topological polar surface area (TPSA) is 77.7 Å². The predicted molar refractivity (Wildman–Crippen MR) is 143 cm³/mol. The molecular weight excluding hydrogens is 540 g/mol. The molecule has 0 saturated heterocycles. The highest BCUT2D eigenvalue weighted by atomic mass is 35.5. The standard InChI is InChI=1S/C27H27Cl2F3N4O2/c1-26(2,15-33)16-36-24-12-22(29)21(28)11-23(24)35(13-17-3-5-18(14-37)6-4-17)25(36)34-19-7-9-20(10-8-19)38-27(30,31)32/h3-12,37H,13-16,33H2,1-2H3/b34-25+. The van der Waals surface area contributed by atoms with E-state index in [-0.39, 0.29) is 17.8 Å². The van der Waals surface area contributed by atoms with E-state index in [0.29, 0.717) is 41.0 Å². The lowest BCUT2D eigenvalue weighted by atomic mass is 9.94. The summed E-state index contributed by atoms with van der Waals surface area (Å²) in [4.78, 5) is 4.85. The van der Waals surface area contributed by atoms with E-state index >= 15 is 0 Å². The van der Waals surface area contributed by atoms with Crippen molar-refractivity contribution in [1.82, 2.24) is 9.13 Å². The van der Waals surface area contributed by atoms with Gasteiger partial charge in [-0.3, -0.25) is 0 Å². The van der Waals surface area contributed by atoms with Gasteiger partial charge in [0.2, 0.25) is 5.62 Å². The first-order valence-corrected chi connectivity index (χ1v) is 12.5. The number of rotatable bonds is 8. The molecular formula is C27H27Cl2F3N4O2. The molecule has 0 saturated carbocycles. The van der Waals surface area contributed by atoms with Crippen LogP contribution in [0.1, 0.15) is 25.0 Å². The number of aromatic nitrogens is 2. The minimum absolute atomic E-state index is 0.0658. The number of hydrogen-bond acceptors (Lipinski definition) is 4. The molecule has 0 bridgehead atoms. The van der Waals surface area contributed by atoms with Crippen molar-refractivity contribution in [2.45, 2.75) is 39.9 Å². The molecule has 6 nitrogen and oxygen atoms in total. The SMILES string of the molecule is CC(C)(CN)Cn1/c(=N/c2ccc(OC(F)(F)F)cc2)n(Cc2ccc(CO)cc2)c2cc(Cl)c(Cl)cc21. The molecule has 3 aromatic carbocycles. The zero-order valence-electron chi connectivity index (χ0n) is 20.8. The average molecular weight is 567 g/mol. The lowest BCUT2D eigenvalue weighted by Gasteiger charge is -2.23. The highest BCUT2D eigenvalue weighted by molar-refractivity contribution is 6.42. The number of benzene rings is 3. The van der Waals surface area contributed by atoms with Crippen LogP contribution in [-0.4, -0.2) is 27.1 Å². The molecule has 0 unspecified atom stereocenters. The van der Waals surface area contributed by atoms with Gasteiger partial charge in [0.25, 0.3) is 0 Å². The lowest BCUT2D eigenvalue weighted by Crippen LogP contribution is -2.35. The summed E-state index contributed by atoms with van der Waals surface area (Å²) in [5.74, 6) is -0.336. The largest absolute Gasteiger partial charge is 0.573 e. The van der Waals surface area contributed by atoms with Crippen LogP contribution >= 0.6 is 23.2 Å². The number of nitrogens with two attached hydrogens (primary N) is 1. The van der Waals surface area contributed by atoms with Gasteiger partial charge in [0.1, 0.15) is 5.75 Å².